The topological polar surface area (TPSA) is 75.6 Å². The molecule has 14 heavy (non-hydrogen) atoms. The van der Waals surface area contributed by atoms with Gasteiger partial charge in [0.25, 0.3) is 0 Å². The highest BCUT2D eigenvalue weighted by Crippen LogP contribution is 2.15. The van der Waals surface area contributed by atoms with Crippen molar-refractivity contribution in [3.8, 4) is 5.75 Å². The van der Waals surface area contributed by atoms with E-state index in [1.54, 1.807) is 24.3 Å². The average molecular weight is 215 g/mol. The molecule has 5 nitrogen and oxygen atoms in total. The van der Waals surface area contributed by atoms with E-state index >= 15 is 0 Å². The van der Waals surface area contributed by atoms with E-state index in [4.69, 9.17) is 9.68 Å². The lowest BCUT2D eigenvalue weighted by Gasteiger charge is -2.05. The van der Waals surface area contributed by atoms with Gasteiger partial charge in [-0.25, -0.2) is 8.42 Å². The summed E-state index contributed by atoms with van der Waals surface area (Å²) in [5, 5.41) is 8.44. The van der Waals surface area contributed by atoms with Crippen LogP contribution in [0.5, 0.6) is 5.75 Å². The molecule has 2 N–H and O–H groups in total. The fourth-order valence-electron chi connectivity index (χ4n) is 0.908. The summed E-state index contributed by atoms with van der Waals surface area (Å²) in [7, 11) is -3.65. The third-order valence-electron chi connectivity index (χ3n) is 1.39. The first-order chi connectivity index (χ1) is 6.51. The molecular formula is C7H10BNO4S. The lowest BCUT2D eigenvalue weighted by Crippen LogP contribution is -2.09. The highest BCUT2D eigenvalue weighted by atomic mass is 32.2. The molecule has 0 aliphatic heterocycles. The normalized spacial score (nSPS) is 10.7. The van der Waals surface area contributed by atoms with Crippen molar-refractivity contribution in [2.24, 2.45) is 0 Å². The molecule has 0 saturated heterocycles. The fraction of sp³-hybridized carbons (Fsp3) is 0.143. The molecule has 7 heteroatoms. The molecule has 0 aromatic heterocycles. The molecule has 76 valence electrons. The van der Waals surface area contributed by atoms with E-state index in [0.29, 0.717) is 11.4 Å². The van der Waals surface area contributed by atoms with Gasteiger partial charge in [0.15, 0.2) is 0 Å². The Labute approximate surface area is 83.1 Å². The van der Waals surface area contributed by atoms with Crippen molar-refractivity contribution in [3.05, 3.63) is 24.3 Å². The standard InChI is InChI=1S/C7H10BNO4S/c1-14(11,12)9-6-2-4-7(5-3-6)13-8-10/h2-5,8-10H,1H3. The maximum atomic E-state index is 10.8. The molecule has 0 radical (unpaired) electrons. The van der Waals surface area contributed by atoms with E-state index in [9.17, 15) is 8.42 Å². The number of anilines is 1. The van der Waals surface area contributed by atoms with Crippen LogP contribution in [0.1, 0.15) is 0 Å². The van der Waals surface area contributed by atoms with Crippen molar-refractivity contribution in [2.45, 2.75) is 0 Å². The Morgan fingerprint density at radius 2 is 1.93 bits per heavy atom. The Kier molecular flexibility index (Phi) is 3.37. The van der Waals surface area contributed by atoms with Crippen LogP contribution in [-0.4, -0.2) is 27.4 Å². The molecular weight excluding hydrogens is 205 g/mol. The Morgan fingerprint density at radius 3 is 2.36 bits per heavy atom. The molecule has 1 aromatic carbocycles. The minimum absolute atomic E-state index is 0.404. The molecule has 0 unspecified atom stereocenters. The van der Waals surface area contributed by atoms with Crippen LogP contribution >= 0.6 is 0 Å². The zero-order chi connectivity index (χ0) is 10.6. The van der Waals surface area contributed by atoms with Gasteiger partial charge < -0.3 is 9.68 Å². The summed E-state index contributed by atoms with van der Waals surface area (Å²) in [5.74, 6) is 0.478. The Bertz CT molecular complexity index is 389. The quantitative estimate of drug-likeness (QED) is 0.676. The van der Waals surface area contributed by atoms with Gasteiger partial charge in [0, 0.05) is 5.69 Å². The van der Waals surface area contributed by atoms with Gasteiger partial charge in [-0.2, -0.15) is 0 Å². The van der Waals surface area contributed by atoms with E-state index < -0.39 is 17.7 Å². The van der Waals surface area contributed by atoms with Crippen molar-refractivity contribution in [1.29, 1.82) is 0 Å². The predicted molar refractivity (Wildman–Crippen MR) is 54.9 cm³/mol. The maximum absolute atomic E-state index is 10.8. The van der Waals surface area contributed by atoms with Gasteiger partial charge in [-0.3, -0.25) is 4.72 Å². The second-order valence-electron chi connectivity index (χ2n) is 2.67. The predicted octanol–water partition coefficient (Wildman–Crippen LogP) is -0.304. The average Bonchev–Trinajstić information content (AvgIpc) is 2.06. The van der Waals surface area contributed by atoms with Crippen molar-refractivity contribution in [3.63, 3.8) is 0 Å². The summed E-state index contributed by atoms with van der Waals surface area (Å²) in [6.07, 6.45) is 1.07. The van der Waals surface area contributed by atoms with E-state index in [1.165, 1.54) is 0 Å². The zero-order valence-corrected chi connectivity index (χ0v) is 8.41. The highest BCUT2D eigenvalue weighted by molar-refractivity contribution is 7.92. The molecule has 0 amide bonds. The molecule has 1 rings (SSSR count). The van der Waals surface area contributed by atoms with Crippen LogP contribution in [0.4, 0.5) is 5.69 Å². The largest absolute Gasteiger partial charge is 0.539 e. The molecule has 0 saturated carbocycles. The second kappa shape index (κ2) is 4.34. The lowest BCUT2D eigenvalue weighted by atomic mass is 10.3. The van der Waals surface area contributed by atoms with Gasteiger partial charge in [-0.15, -0.1) is 0 Å². The number of hydrogen-bond donors (Lipinski definition) is 2. The van der Waals surface area contributed by atoms with Gasteiger partial charge in [0.1, 0.15) is 5.75 Å². The number of nitrogens with one attached hydrogen (secondary N) is 1. The monoisotopic (exact) mass is 215 g/mol. The fourth-order valence-corrected chi connectivity index (χ4v) is 1.47. The maximum Gasteiger partial charge on any atom is 0.504 e. The van der Waals surface area contributed by atoms with Crippen molar-refractivity contribution < 1.29 is 18.1 Å². The SMILES string of the molecule is CS(=O)(=O)Nc1ccc(OBO)cc1. The molecule has 0 aliphatic rings. The van der Waals surface area contributed by atoms with Gasteiger partial charge in [-0.05, 0) is 24.3 Å². The summed E-state index contributed by atoms with van der Waals surface area (Å²) >= 11 is 0. The summed E-state index contributed by atoms with van der Waals surface area (Å²) in [6, 6.07) is 6.21. The second-order valence-corrected chi connectivity index (χ2v) is 4.42. The highest BCUT2D eigenvalue weighted by Gasteiger charge is 2.01. The summed E-state index contributed by atoms with van der Waals surface area (Å²) < 4.78 is 28.7. The van der Waals surface area contributed by atoms with E-state index in [0.717, 1.165) is 6.26 Å². The Morgan fingerprint density at radius 1 is 1.36 bits per heavy atom. The molecule has 1 aromatic rings. The molecule has 0 bridgehead atoms. The third-order valence-corrected chi connectivity index (χ3v) is 2.00. The van der Waals surface area contributed by atoms with Crippen LogP contribution in [0, 0.1) is 0 Å². The number of hydrogen-bond acceptors (Lipinski definition) is 4. The van der Waals surface area contributed by atoms with E-state index in [2.05, 4.69) is 4.72 Å². The summed E-state index contributed by atoms with van der Waals surface area (Å²) in [5.41, 5.74) is 0.456. The van der Waals surface area contributed by atoms with Crippen LogP contribution in [0.2, 0.25) is 0 Å². The minimum atomic E-state index is -3.24. The Hall–Kier alpha value is -1.21. The van der Waals surface area contributed by atoms with Crippen LogP contribution in [0.3, 0.4) is 0 Å². The van der Waals surface area contributed by atoms with Gasteiger partial charge >= 0.3 is 7.69 Å². The van der Waals surface area contributed by atoms with Gasteiger partial charge in [0.05, 0.1) is 6.26 Å². The van der Waals surface area contributed by atoms with Crippen LogP contribution < -0.4 is 9.38 Å². The smallest absolute Gasteiger partial charge is 0.504 e. The lowest BCUT2D eigenvalue weighted by molar-refractivity contribution is 0.454. The Balaban J connectivity index is 2.74. The zero-order valence-electron chi connectivity index (χ0n) is 7.60. The molecule has 0 aliphatic carbocycles. The number of benzene rings is 1. The molecule has 0 spiro atoms. The summed E-state index contributed by atoms with van der Waals surface area (Å²) in [6.45, 7) is 0. The molecule has 0 fully saturated rings. The molecule has 0 atom stereocenters. The molecule has 0 heterocycles. The van der Waals surface area contributed by atoms with Crippen LogP contribution in [-0.2, 0) is 10.0 Å². The first-order valence-electron chi connectivity index (χ1n) is 3.83. The van der Waals surface area contributed by atoms with Gasteiger partial charge in [0.2, 0.25) is 10.0 Å². The third kappa shape index (κ3) is 3.67. The van der Waals surface area contributed by atoms with Crippen molar-refractivity contribution in [2.75, 3.05) is 11.0 Å². The first-order valence-corrected chi connectivity index (χ1v) is 5.72. The van der Waals surface area contributed by atoms with Crippen molar-refractivity contribution in [1.82, 2.24) is 0 Å². The summed E-state index contributed by atoms with van der Waals surface area (Å²) in [4.78, 5) is 0. The number of rotatable bonds is 4. The first kappa shape index (κ1) is 10.9. The van der Waals surface area contributed by atoms with Crippen molar-refractivity contribution >= 4 is 23.4 Å². The van der Waals surface area contributed by atoms with Gasteiger partial charge in [-0.1, -0.05) is 0 Å². The van der Waals surface area contributed by atoms with Crippen LogP contribution in [0.25, 0.3) is 0 Å². The minimum Gasteiger partial charge on any atom is -0.539 e. The van der Waals surface area contributed by atoms with Crippen LogP contribution in [0.15, 0.2) is 24.3 Å². The number of sulfonamides is 1. The van der Waals surface area contributed by atoms with E-state index in [-0.39, 0.29) is 0 Å². The van der Waals surface area contributed by atoms with E-state index in [1.807, 2.05) is 0 Å².